The third-order valence-corrected chi connectivity index (χ3v) is 4.23. The molecule has 0 radical (unpaired) electrons. The number of rotatable bonds is 8. The van der Waals surface area contributed by atoms with Crippen LogP contribution >= 0.6 is 0 Å². The molecule has 0 aliphatic heterocycles. The molecule has 0 saturated heterocycles. The smallest absolute Gasteiger partial charge is 0.163 e. The summed E-state index contributed by atoms with van der Waals surface area (Å²) in [6.07, 6.45) is -0.204. The molecule has 0 aliphatic carbocycles. The predicted molar refractivity (Wildman–Crippen MR) is 104 cm³/mol. The monoisotopic (exact) mass is 387 g/mol. The number of methoxy groups -OCH3 is 2. The Balaban J connectivity index is 1.83. The van der Waals surface area contributed by atoms with Crippen molar-refractivity contribution in [2.24, 2.45) is 0 Å². The number of nitrogens with zero attached hydrogens (tertiary/aromatic N) is 3. The summed E-state index contributed by atoms with van der Waals surface area (Å²) in [5.74, 6) is 1.13. The van der Waals surface area contributed by atoms with Crippen molar-refractivity contribution >= 4 is 11.0 Å². The van der Waals surface area contributed by atoms with Crippen molar-refractivity contribution in [2.45, 2.75) is 32.5 Å². The van der Waals surface area contributed by atoms with E-state index in [-0.39, 0.29) is 18.5 Å². The highest BCUT2D eigenvalue weighted by Crippen LogP contribution is 2.31. The van der Waals surface area contributed by atoms with E-state index >= 15 is 0 Å². The number of benzene rings is 2. The van der Waals surface area contributed by atoms with Crippen molar-refractivity contribution in [1.82, 2.24) is 15.0 Å². The van der Waals surface area contributed by atoms with E-state index in [9.17, 15) is 10.2 Å². The summed E-state index contributed by atoms with van der Waals surface area (Å²) in [5.41, 5.74) is 2.46. The molecule has 1 atom stereocenters. The molecule has 0 spiro atoms. The van der Waals surface area contributed by atoms with E-state index in [0.29, 0.717) is 34.6 Å². The van der Waals surface area contributed by atoms with Gasteiger partial charge in [0, 0.05) is 18.6 Å². The third kappa shape index (κ3) is 4.35. The molecule has 1 heterocycles. The first-order chi connectivity index (χ1) is 13.4. The summed E-state index contributed by atoms with van der Waals surface area (Å²) in [7, 11) is 3.11. The average molecular weight is 387 g/mol. The Labute approximate surface area is 163 Å². The first kappa shape index (κ1) is 19.9. The lowest BCUT2D eigenvalue weighted by Gasteiger charge is -2.14. The van der Waals surface area contributed by atoms with E-state index in [1.54, 1.807) is 38.5 Å². The molecule has 3 rings (SSSR count). The summed E-state index contributed by atoms with van der Waals surface area (Å²) in [5, 5.41) is 29.3. The van der Waals surface area contributed by atoms with Crippen LogP contribution in [0.4, 0.5) is 0 Å². The first-order valence-corrected chi connectivity index (χ1v) is 9.02. The van der Waals surface area contributed by atoms with Gasteiger partial charge in [-0.2, -0.15) is 0 Å². The second kappa shape index (κ2) is 8.45. The number of aromatic nitrogens is 3. The van der Waals surface area contributed by atoms with Gasteiger partial charge in [-0.3, -0.25) is 0 Å². The molecule has 3 aromatic rings. The highest BCUT2D eigenvalue weighted by Gasteiger charge is 2.14. The molecule has 0 amide bonds. The van der Waals surface area contributed by atoms with Gasteiger partial charge in [0.05, 0.1) is 33.0 Å². The minimum Gasteiger partial charge on any atom is -0.506 e. The Hall–Kier alpha value is -2.84. The second-order valence-electron chi connectivity index (χ2n) is 6.75. The van der Waals surface area contributed by atoms with Crippen molar-refractivity contribution in [1.29, 1.82) is 0 Å². The van der Waals surface area contributed by atoms with Gasteiger partial charge in [0.2, 0.25) is 0 Å². The molecular weight excluding hydrogens is 362 g/mol. The molecule has 0 aliphatic rings. The summed E-state index contributed by atoms with van der Waals surface area (Å²) in [6, 6.07) is 8.60. The van der Waals surface area contributed by atoms with Gasteiger partial charge in [-0.1, -0.05) is 6.07 Å². The Morgan fingerprint density at radius 3 is 2.11 bits per heavy atom. The minimum atomic E-state index is -0.641. The van der Waals surface area contributed by atoms with Crippen molar-refractivity contribution in [3.05, 3.63) is 35.9 Å². The highest BCUT2D eigenvalue weighted by atomic mass is 16.5. The zero-order chi connectivity index (χ0) is 20.3. The lowest BCUT2D eigenvalue weighted by Crippen LogP contribution is -2.20. The second-order valence-corrected chi connectivity index (χ2v) is 6.75. The summed E-state index contributed by atoms with van der Waals surface area (Å²) >= 11 is 0. The number of aliphatic hydroxyl groups excluding tert-OH is 1. The summed E-state index contributed by atoms with van der Waals surface area (Å²) < 4.78 is 16.0. The molecule has 8 heteroatoms. The maximum absolute atomic E-state index is 10.4. The number of hydrogen-bond acceptors (Lipinski definition) is 7. The van der Waals surface area contributed by atoms with E-state index in [1.165, 1.54) is 4.80 Å². The Morgan fingerprint density at radius 1 is 1.00 bits per heavy atom. The van der Waals surface area contributed by atoms with Gasteiger partial charge in [0.15, 0.2) is 11.5 Å². The van der Waals surface area contributed by atoms with Crippen LogP contribution in [0.1, 0.15) is 19.4 Å². The zero-order valence-electron chi connectivity index (χ0n) is 16.4. The SMILES string of the molecule is COc1cc2nn(-c3ccc(CC(O)COC(C)C)cc3O)nc2cc1OC. The highest BCUT2D eigenvalue weighted by molar-refractivity contribution is 5.79. The molecule has 0 bridgehead atoms. The molecule has 8 nitrogen and oxygen atoms in total. The standard InChI is InChI=1S/C20H25N3O5/c1-12(2)28-11-14(24)7-13-5-6-17(18(25)8-13)23-21-15-9-19(26-3)20(27-4)10-16(15)22-23/h5-6,8-10,12,14,24-25H,7,11H2,1-4H3. The fourth-order valence-corrected chi connectivity index (χ4v) is 2.85. The van der Waals surface area contributed by atoms with Crippen LogP contribution < -0.4 is 9.47 Å². The maximum Gasteiger partial charge on any atom is 0.163 e. The first-order valence-electron chi connectivity index (χ1n) is 9.02. The van der Waals surface area contributed by atoms with Crippen molar-refractivity contribution in [2.75, 3.05) is 20.8 Å². The van der Waals surface area contributed by atoms with Crippen LogP contribution in [0, 0.1) is 0 Å². The number of aliphatic hydroxyl groups is 1. The number of fused-ring (bicyclic) bond motifs is 1. The van der Waals surface area contributed by atoms with Crippen molar-refractivity contribution in [3.8, 4) is 22.9 Å². The van der Waals surface area contributed by atoms with Gasteiger partial charge in [0.1, 0.15) is 22.5 Å². The van der Waals surface area contributed by atoms with Gasteiger partial charge in [-0.15, -0.1) is 15.0 Å². The molecule has 2 aromatic carbocycles. The number of ether oxygens (including phenoxy) is 3. The van der Waals surface area contributed by atoms with Crippen molar-refractivity contribution in [3.63, 3.8) is 0 Å². The fourth-order valence-electron chi connectivity index (χ4n) is 2.85. The largest absolute Gasteiger partial charge is 0.506 e. The molecule has 1 unspecified atom stereocenters. The molecule has 2 N–H and O–H groups in total. The zero-order valence-corrected chi connectivity index (χ0v) is 16.4. The molecule has 1 aromatic heterocycles. The quantitative estimate of drug-likeness (QED) is 0.612. The van der Waals surface area contributed by atoms with Crippen LogP contribution in [0.2, 0.25) is 0 Å². The van der Waals surface area contributed by atoms with E-state index in [2.05, 4.69) is 10.2 Å². The minimum absolute atomic E-state index is 0.0220. The third-order valence-electron chi connectivity index (χ3n) is 4.23. The van der Waals surface area contributed by atoms with E-state index < -0.39 is 6.10 Å². The van der Waals surface area contributed by atoms with Crippen LogP contribution in [0.3, 0.4) is 0 Å². The Morgan fingerprint density at radius 2 is 1.61 bits per heavy atom. The Bertz CT molecular complexity index is 913. The molecule has 150 valence electrons. The number of phenolic OH excluding ortho intramolecular Hbond substituents is 1. The van der Waals surface area contributed by atoms with Crippen LogP contribution in [0.5, 0.6) is 17.2 Å². The van der Waals surface area contributed by atoms with Gasteiger partial charge in [-0.05, 0) is 31.5 Å². The maximum atomic E-state index is 10.4. The van der Waals surface area contributed by atoms with E-state index in [4.69, 9.17) is 14.2 Å². The summed E-state index contributed by atoms with van der Waals surface area (Å²) in [6.45, 7) is 4.08. The van der Waals surface area contributed by atoms with E-state index in [1.807, 2.05) is 19.9 Å². The van der Waals surface area contributed by atoms with Crippen LogP contribution in [0.15, 0.2) is 30.3 Å². The van der Waals surface area contributed by atoms with Crippen molar-refractivity contribution < 1.29 is 24.4 Å². The van der Waals surface area contributed by atoms with Crippen LogP contribution in [0.25, 0.3) is 16.7 Å². The van der Waals surface area contributed by atoms with Gasteiger partial charge in [-0.25, -0.2) is 0 Å². The molecular formula is C20H25N3O5. The normalized spacial score (nSPS) is 12.5. The lowest BCUT2D eigenvalue weighted by atomic mass is 10.1. The number of aromatic hydroxyl groups is 1. The number of hydrogen-bond donors (Lipinski definition) is 2. The van der Waals surface area contributed by atoms with Gasteiger partial charge in [0.25, 0.3) is 0 Å². The average Bonchev–Trinajstić information content (AvgIpc) is 3.07. The number of phenols is 1. The fraction of sp³-hybridized carbons (Fsp3) is 0.400. The lowest BCUT2D eigenvalue weighted by molar-refractivity contribution is 0.00620. The van der Waals surface area contributed by atoms with Crippen LogP contribution in [-0.4, -0.2) is 58.2 Å². The topological polar surface area (TPSA) is 98.9 Å². The predicted octanol–water partition coefficient (Wildman–Crippen LogP) is 2.47. The summed E-state index contributed by atoms with van der Waals surface area (Å²) in [4.78, 5) is 1.36. The Kier molecular flexibility index (Phi) is 6.01. The molecule has 28 heavy (non-hydrogen) atoms. The van der Waals surface area contributed by atoms with Gasteiger partial charge >= 0.3 is 0 Å². The van der Waals surface area contributed by atoms with E-state index in [0.717, 1.165) is 5.56 Å². The molecule has 0 saturated carbocycles. The van der Waals surface area contributed by atoms with Gasteiger partial charge < -0.3 is 24.4 Å². The van der Waals surface area contributed by atoms with Crippen LogP contribution in [-0.2, 0) is 11.2 Å². The molecule has 0 fully saturated rings.